The molecule has 5 rings (SSSR count). The van der Waals surface area contributed by atoms with Crippen LogP contribution in [0.15, 0.2) is 11.6 Å². The number of allylic oxidation sites excluding steroid dienone is 2. The van der Waals surface area contributed by atoms with Gasteiger partial charge in [0.05, 0.1) is 0 Å². The normalized spacial score (nSPS) is 54.0. The first kappa shape index (κ1) is 24.9. The van der Waals surface area contributed by atoms with Gasteiger partial charge in [-0.2, -0.15) is 0 Å². The van der Waals surface area contributed by atoms with Crippen LogP contribution in [0.1, 0.15) is 120 Å². The zero-order valence-electron chi connectivity index (χ0n) is 23.7. The first-order chi connectivity index (χ1) is 15.7. The van der Waals surface area contributed by atoms with Crippen molar-refractivity contribution in [3.8, 4) is 0 Å². The van der Waals surface area contributed by atoms with Crippen molar-refractivity contribution in [1.82, 2.24) is 0 Å². The predicted octanol–water partition coefficient (Wildman–Crippen LogP) is 8.60. The molecule has 0 N–H and O–H groups in total. The van der Waals surface area contributed by atoms with Gasteiger partial charge in [0, 0.05) is 12.3 Å². The van der Waals surface area contributed by atoms with E-state index in [2.05, 4.69) is 61.5 Å². The number of hydrogen-bond acceptors (Lipinski definition) is 2. The summed E-state index contributed by atoms with van der Waals surface area (Å²) in [5.74, 6) is 3.66. The van der Waals surface area contributed by atoms with E-state index < -0.39 is 0 Å². The highest BCUT2D eigenvalue weighted by Gasteiger charge is 2.68. The number of ether oxygens (including phenoxy) is 1. The first-order valence-electron chi connectivity index (χ1n) is 14.6. The minimum Gasteiger partial charge on any atom is -0.462 e. The number of carbonyl (C=O) groups is 1. The van der Waals surface area contributed by atoms with Crippen LogP contribution in [0.3, 0.4) is 0 Å². The maximum absolute atomic E-state index is 11.9. The Morgan fingerprint density at radius 1 is 0.882 bits per heavy atom. The van der Waals surface area contributed by atoms with E-state index in [0.29, 0.717) is 27.6 Å². The van der Waals surface area contributed by atoms with Gasteiger partial charge in [-0.1, -0.05) is 67.0 Å². The van der Waals surface area contributed by atoms with Crippen molar-refractivity contribution in [2.75, 3.05) is 0 Å². The smallest absolute Gasteiger partial charge is 0.302 e. The van der Waals surface area contributed by atoms with Crippen molar-refractivity contribution in [2.45, 2.75) is 126 Å². The van der Waals surface area contributed by atoms with Crippen LogP contribution in [-0.2, 0) is 9.53 Å². The van der Waals surface area contributed by atoms with Crippen molar-refractivity contribution in [2.24, 2.45) is 56.7 Å². The lowest BCUT2D eigenvalue weighted by Gasteiger charge is -2.71. The maximum Gasteiger partial charge on any atom is 0.302 e. The van der Waals surface area contributed by atoms with E-state index >= 15 is 0 Å². The quantitative estimate of drug-likeness (QED) is 0.284. The number of hydrogen-bond donors (Lipinski definition) is 0. The third-order valence-corrected chi connectivity index (χ3v) is 13.6. The monoisotopic (exact) mass is 468 g/mol. The van der Waals surface area contributed by atoms with Gasteiger partial charge in [-0.3, -0.25) is 4.79 Å². The molecule has 0 spiro atoms. The first-order valence-corrected chi connectivity index (χ1v) is 14.6. The van der Waals surface area contributed by atoms with Crippen molar-refractivity contribution in [3.63, 3.8) is 0 Å². The van der Waals surface area contributed by atoms with Gasteiger partial charge >= 0.3 is 5.97 Å². The largest absolute Gasteiger partial charge is 0.462 e. The van der Waals surface area contributed by atoms with E-state index in [1.807, 2.05) is 5.57 Å². The Bertz CT molecular complexity index is 885. The molecule has 0 aromatic heterocycles. The second-order valence-corrected chi connectivity index (χ2v) is 15.3. The molecule has 2 heteroatoms. The van der Waals surface area contributed by atoms with Crippen LogP contribution in [0.2, 0.25) is 0 Å². The summed E-state index contributed by atoms with van der Waals surface area (Å²) in [5, 5.41) is 0. The molecule has 2 nitrogen and oxygen atoms in total. The summed E-state index contributed by atoms with van der Waals surface area (Å²) >= 11 is 0. The van der Waals surface area contributed by atoms with Gasteiger partial charge in [-0.15, -0.1) is 0 Å². The third kappa shape index (κ3) is 3.08. The topological polar surface area (TPSA) is 26.3 Å². The van der Waals surface area contributed by atoms with Gasteiger partial charge in [-0.05, 0) is 109 Å². The Morgan fingerprint density at radius 2 is 1.59 bits per heavy atom. The Hall–Kier alpha value is -0.790. The summed E-state index contributed by atoms with van der Waals surface area (Å²) in [6.45, 7) is 22.1. The van der Waals surface area contributed by atoms with Crippen LogP contribution in [0.25, 0.3) is 0 Å². The molecule has 5 aliphatic rings. The molecular formula is C32H52O2. The molecule has 5 aliphatic carbocycles. The van der Waals surface area contributed by atoms with Crippen molar-refractivity contribution in [1.29, 1.82) is 0 Å². The van der Waals surface area contributed by atoms with Crippen LogP contribution in [0, 0.1) is 56.7 Å². The average molecular weight is 469 g/mol. The second kappa shape index (κ2) is 7.61. The maximum atomic E-state index is 11.9. The predicted molar refractivity (Wildman–Crippen MR) is 140 cm³/mol. The standard InChI is InChI=1S/C32H52O2/c1-20-12-15-29(6)18-19-31(8)23(27(29)21(20)2)10-11-25-30(7)16-14-26(34-22(3)33)28(4,5)24(30)13-17-32(25,31)9/h10,20-21,24-27H,11-19H2,1-9H3/t20-,21+,24-,25-,26-,27-,29-,30-,31+,32-/m0/s1. The lowest BCUT2D eigenvalue weighted by atomic mass is 9.33. The molecule has 10 atom stereocenters. The fourth-order valence-corrected chi connectivity index (χ4v) is 11.2. The molecule has 0 amide bonds. The Morgan fingerprint density at radius 3 is 2.26 bits per heavy atom. The Kier molecular flexibility index (Phi) is 5.57. The molecule has 34 heavy (non-hydrogen) atoms. The van der Waals surface area contributed by atoms with Crippen molar-refractivity contribution < 1.29 is 9.53 Å². The van der Waals surface area contributed by atoms with E-state index in [4.69, 9.17) is 4.74 Å². The van der Waals surface area contributed by atoms with Crippen LogP contribution in [0.5, 0.6) is 0 Å². The molecule has 0 radical (unpaired) electrons. The molecule has 0 bridgehead atoms. The molecule has 4 fully saturated rings. The summed E-state index contributed by atoms with van der Waals surface area (Å²) in [7, 11) is 0. The highest BCUT2D eigenvalue weighted by atomic mass is 16.5. The van der Waals surface area contributed by atoms with Gasteiger partial charge in [0.15, 0.2) is 0 Å². The highest BCUT2D eigenvalue weighted by Crippen LogP contribution is 2.75. The minimum atomic E-state index is -0.110. The van der Waals surface area contributed by atoms with Crippen LogP contribution in [-0.4, -0.2) is 12.1 Å². The third-order valence-electron chi connectivity index (χ3n) is 13.6. The molecule has 0 saturated heterocycles. The summed E-state index contributed by atoms with van der Waals surface area (Å²) in [4.78, 5) is 11.9. The number of fused-ring (bicyclic) bond motifs is 7. The van der Waals surface area contributed by atoms with Crippen LogP contribution in [0.4, 0.5) is 0 Å². The molecule has 0 heterocycles. The fraction of sp³-hybridized carbons (Fsp3) is 0.906. The van der Waals surface area contributed by atoms with E-state index in [-0.39, 0.29) is 17.5 Å². The van der Waals surface area contributed by atoms with E-state index in [1.165, 1.54) is 51.4 Å². The SMILES string of the molecule is CC(=O)O[C@H]1CC[C@@]2(C)[C@@H](CC[C@@]3(C)[C@H]2CC=C2[C@@H]4[C@H](C)[C@@H](C)CC[C@@]4(C)CC[C@]23C)C1(C)C. The zero-order chi connectivity index (χ0) is 24.9. The zero-order valence-corrected chi connectivity index (χ0v) is 23.7. The number of carbonyl (C=O) groups excluding carboxylic acids is 1. The van der Waals surface area contributed by atoms with Gasteiger partial charge in [0.25, 0.3) is 0 Å². The average Bonchev–Trinajstić information content (AvgIpc) is 2.74. The molecule has 0 aromatic carbocycles. The summed E-state index contributed by atoms with van der Waals surface area (Å²) in [6.07, 6.45) is 14.6. The molecule has 4 saturated carbocycles. The van der Waals surface area contributed by atoms with E-state index in [9.17, 15) is 4.79 Å². The lowest BCUT2D eigenvalue weighted by molar-refractivity contribution is -0.212. The van der Waals surface area contributed by atoms with Crippen LogP contribution >= 0.6 is 0 Å². The minimum absolute atomic E-state index is 0.0450. The van der Waals surface area contributed by atoms with Gasteiger partial charge < -0.3 is 4.74 Å². The van der Waals surface area contributed by atoms with Gasteiger partial charge in [0.1, 0.15) is 6.10 Å². The van der Waals surface area contributed by atoms with Gasteiger partial charge in [0.2, 0.25) is 0 Å². The lowest BCUT2D eigenvalue weighted by Crippen LogP contribution is -2.65. The van der Waals surface area contributed by atoms with Crippen LogP contribution < -0.4 is 0 Å². The molecule has 0 aliphatic heterocycles. The number of esters is 1. The fourth-order valence-electron chi connectivity index (χ4n) is 11.2. The second-order valence-electron chi connectivity index (χ2n) is 15.3. The highest BCUT2D eigenvalue weighted by molar-refractivity contribution is 5.66. The number of rotatable bonds is 1. The summed E-state index contributed by atoms with van der Waals surface area (Å²) < 4.78 is 5.91. The van der Waals surface area contributed by atoms with E-state index in [0.717, 1.165) is 30.1 Å². The van der Waals surface area contributed by atoms with Crippen molar-refractivity contribution >= 4 is 5.97 Å². The van der Waals surface area contributed by atoms with E-state index in [1.54, 1.807) is 6.92 Å². The summed E-state index contributed by atoms with van der Waals surface area (Å²) in [5.41, 5.74) is 3.44. The van der Waals surface area contributed by atoms with Crippen molar-refractivity contribution in [3.05, 3.63) is 11.6 Å². The molecule has 192 valence electrons. The Labute approximate surface area is 210 Å². The van der Waals surface area contributed by atoms with Gasteiger partial charge in [-0.25, -0.2) is 0 Å². The molecule has 0 aromatic rings. The Balaban J connectivity index is 1.54. The summed E-state index contributed by atoms with van der Waals surface area (Å²) in [6, 6.07) is 0. The molecule has 0 unspecified atom stereocenters. The molecular weight excluding hydrogens is 416 g/mol.